The number of thioether (sulfide) groups is 1. The molecular weight excluding hydrogens is 348 g/mol. The highest BCUT2D eigenvalue weighted by atomic mass is 32.2. The standard InChI is InChI=1S/C16H20N2O6S/c1-6-23-15(19)9(2)25-16-18-17-14(24-16)10-7-11(20-3)13(22-5)12(8-10)21-4/h7-9H,6H2,1-5H3/t9-/m1/s1. The van der Waals surface area contributed by atoms with Crippen molar-refractivity contribution >= 4 is 17.7 Å². The molecule has 1 aromatic carbocycles. The zero-order chi connectivity index (χ0) is 18.4. The monoisotopic (exact) mass is 368 g/mol. The molecule has 0 fully saturated rings. The van der Waals surface area contributed by atoms with Gasteiger partial charge in [0.15, 0.2) is 11.5 Å². The second-order valence-corrected chi connectivity index (χ2v) is 6.09. The molecule has 1 heterocycles. The highest BCUT2D eigenvalue weighted by Gasteiger charge is 2.21. The maximum Gasteiger partial charge on any atom is 0.319 e. The number of rotatable bonds is 8. The highest BCUT2D eigenvalue weighted by molar-refractivity contribution is 8.00. The van der Waals surface area contributed by atoms with E-state index in [2.05, 4.69) is 10.2 Å². The number of carbonyl (C=O) groups excluding carboxylic acids is 1. The first kappa shape index (κ1) is 18.9. The topological polar surface area (TPSA) is 92.9 Å². The summed E-state index contributed by atoms with van der Waals surface area (Å²) >= 11 is 1.13. The summed E-state index contributed by atoms with van der Waals surface area (Å²) in [5.74, 6) is 1.37. The molecule has 0 saturated carbocycles. The van der Waals surface area contributed by atoms with Crippen molar-refractivity contribution in [3.05, 3.63) is 12.1 Å². The van der Waals surface area contributed by atoms with Crippen molar-refractivity contribution in [1.82, 2.24) is 10.2 Å². The van der Waals surface area contributed by atoms with Crippen molar-refractivity contribution in [2.45, 2.75) is 24.3 Å². The van der Waals surface area contributed by atoms with Gasteiger partial charge in [0.05, 0.1) is 27.9 Å². The molecule has 0 aliphatic rings. The van der Waals surface area contributed by atoms with Crippen LogP contribution in [0.25, 0.3) is 11.5 Å². The molecule has 0 bridgehead atoms. The van der Waals surface area contributed by atoms with Gasteiger partial charge in [0.1, 0.15) is 5.25 Å². The van der Waals surface area contributed by atoms with Gasteiger partial charge in [-0.25, -0.2) is 0 Å². The van der Waals surface area contributed by atoms with Crippen molar-refractivity contribution in [2.24, 2.45) is 0 Å². The number of nitrogens with zero attached hydrogens (tertiary/aromatic N) is 2. The number of hydrogen-bond acceptors (Lipinski definition) is 9. The Bertz CT molecular complexity index is 708. The van der Waals surface area contributed by atoms with E-state index in [-0.39, 0.29) is 17.1 Å². The van der Waals surface area contributed by atoms with Crippen LogP contribution >= 0.6 is 11.8 Å². The Morgan fingerprint density at radius 3 is 2.32 bits per heavy atom. The van der Waals surface area contributed by atoms with Gasteiger partial charge in [-0.2, -0.15) is 0 Å². The number of hydrogen-bond donors (Lipinski definition) is 0. The van der Waals surface area contributed by atoms with Gasteiger partial charge in [-0.05, 0) is 26.0 Å². The first-order valence-corrected chi connectivity index (χ1v) is 8.39. The Hall–Kier alpha value is -2.42. The Morgan fingerprint density at radius 1 is 1.16 bits per heavy atom. The van der Waals surface area contributed by atoms with Crippen LogP contribution in [0.5, 0.6) is 17.2 Å². The largest absolute Gasteiger partial charge is 0.493 e. The number of carbonyl (C=O) groups is 1. The van der Waals surface area contributed by atoms with Crippen molar-refractivity contribution in [3.8, 4) is 28.7 Å². The normalized spacial score (nSPS) is 11.7. The molecule has 8 nitrogen and oxygen atoms in total. The third kappa shape index (κ3) is 4.36. The van der Waals surface area contributed by atoms with Crippen LogP contribution < -0.4 is 14.2 Å². The lowest BCUT2D eigenvalue weighted by molar-refractivity contribution is -0.142. The summed E-state index contributed by atoms with van der Waals surface area (Å²) in [5.41, 5.74) is 0.609. The third-order valence-corrected chi connectivity index (χ3v) is 4.13. The first-order chi connectivity index (χ1) is 12.0. The second-order valence-electron chi connectivity index (χ2n) is 4.80. The fourth-order valence-corrected chi connectivity index (χ4v) is 2.72. The molecule has 0 N–H and O–H groups in total. The summed E-state index contributed by atoms with van der Waals surface area (Å²) in [6, 6.07) is 3.41. The van der Waals surface area contributed by atoms with E-state index in [1.54, 1.807) is 26.0 Å². The molecule has 9 heteroatoms. The fraction of sp³-hybridized carbons (Fsp3) is 0.438. The molecule has 2 aromatic rings. The van der Waals surface area contributed by atoms with Crippen LogP contribution in [-0.2, 0) is 9.53 Å². The number of aromatic nitrogens is 2. The molecule has 0 saturated heterocycles. The van der Waals surface area contributed by atoms with Crippen LogP contribution in [0.15, 0.2) is 21.8 Å². The minimum atomic E-state index is -0.451. The maximum absolute atomic E-state index is 11.7. The SMILES string of the molecule is CCOC(=O)[C@@H](C)Sc1nnc(-c2cc(OC)c(OC)c(OC)c2)o1. The first-order valence-electron chi connectivity index (χ1n) is 7.51. The molecule has 1 aromatic heterocycles. The molecule has 0 unspecified atom stereocenters. The summed E-state index contributed by atoms with van der Waals surface area (Å²) in [6.45, 7) is 3.79. The Balaban J connectivity index is 2.26. The predicted octanol–water partition coefficient (Wildman–Crippen LogP) is 2.81. The summed E-state index contributed by atoms with van der Waals surface area (Å²) in [7, 11) is 4.58. The van der Waals surface area contributed by atoms with Crippen LogP contribution in [0.1, 0.15) is 13.8 Å². The molecular formula is C16H20N2O6S. The molecule has 0 aliphatic carbocycles. The van der Waals surface area contributed by atoms with Crippen molar-refractivity contribution < 1.29 is 28.2 Å². The van der Waals surface area contributed by atoms with E-state index in [4.69, 9.17) is 23.4 Å². The van der Waals surface area contributed by atoms with Crippen LogP contribution in [0.3, 0.4) is 0 Å². The van der Waals surface area contributed by atoms with Crippen LogP contribution in [-0.4, -0.2) is 49.4 Å². The lowest BCUT2D eigenvalue weighted by Crippen LogP contribution is -2.16. The van der Waals surface area contributed by atoms with E-state index in [0.29, 0.717) is 29.4 Å². The maximum atomic E-state index is 11.7. The molecule has 1 atom stereocenters. The summed E-state index contributed by atoms with van der Waals surface area (Å²) in [5, 5.41) is 7.78. The smallest absolute Gasteiger partial charge is 0.319 e. The van der Waals surface area contributed by atoms with Crippen molar-refractivity contribution in [1.29, 1.82) is 0 Å². The van der Waals surface area contributed by atoms with E-state index >= 15 is 0 Å². The van der Waals surface area contributed by atoms with E-state index in [0.717, 1.165) is 11.8 Å². The zero-order valence-electron chi connectivity index (χ0n) is 14.7. The summed E-state index contributed by atoms with van der Waals surface area (Å²) in [4.78, 5) is 11.7. The number of methoxy groups -OCH3 is 3. The third-order valence-electron chi connectivity index (χ3n) is 3.21. The molecule has 0 aliphatic heterocycles. The van der Waals surface area contributed by atoms with E-state index in [1.165, 1.54) is 21.3 Å². The van der Waals surface area contributed by atoms with E-state index < -0.39 is 5.25 Å². The average molecular weight is 368 g/mol. The Kier molecular flexibility index (Phi) is 6.51. The van der Waals surface area contributed by atoms with Gasteiger partial charge in [-0.15, -0.1) is 10.2 Å². The van der Waals surface area contributed by atoms with Gasteiger partial charge < -0.3 is 23.4 Å². The van der Waals surface area contributed by atoms with E-state index in [9.17, 15) is 4.79 Å². The van der Waals surface area contributed by atoms with Crippen LogP contribution in [0.4, 0.5) is 0 Å². The number of ether oxygens (including phenoxy) is 4. The van der Waals surface area contributed by atoms with Crippen molar-refractivity contribution in [3.63, 3.8) is 0 Å². The van der Waals surface area contributed by atoms with Gasteiger partial charge in [-0.3, -0.25) is 4.79 Å². The van der Waals surface area contributed by atoms with Gasteiger partial charge in [0.25, 0.3) is 5.22 Å². The molecule has 0 radical (unpaired) electrons. The van der Waals surface area contributed by atoms with Crippen LogP contribution in [0.2, 0.25) is 0 Å². The molecule has 0 spiro atoms. The molecule has 2 rings (SSSR count). The Labute approximate surface area is 149 Å². The second kappa shape index (κ2) is 8.61. The average Bonchev–Trinajstić information content (AvgIpc) is 3.08. The quantitative estimate of drug-likeness (QED) is 0.515. The molecule has 25 heavy (non-hydrogen) atoms. The highest BCUT2D eigenvalue weighted by Crippen LogP contribution is 2.41. The predicted molar refractivity (Wildman–Crippen MR) is 91.3 cm³/mol. The summed E-state index contributed by atoms with van der Waals surface area (Å²) in [6.07, 6.45) is 0. The summed E-state index contributed by atoms with van der Waals surface area (Å²) < 4.78 is 26.5. The van der Waals surface area contributed by atoms with Gasteiger partial charge in [0.2, 0.25) is 11.6 Å². The van der Waals surface area contributed by atoms with Crippen LogP contribution in [0, 0.1) is 0 Å². The lowest BCUT2D eigenvalue weighted by Gasteiger charge is -2.12. The van der Waals surface area contributed by atoms with Gasteiger partial charge in [-0.1, -0.05) is 11.8 Å². The number of esters is 1. The fourth-order valence-electron chi connectivity index (χ4n) is 2.04. The zero-order valence-corrected chi connectivity index (χ0v) is 15.5. The van der Waals surface area contributed by atoms with Gasteiger partial charge >= 0.3 is 5.97 Å². The lowest BCUT2D eigenvalue weighted by atomic mass is 10.2. The number of benzene rings is 1. The van der Waals surface area contributed by atoms with Crippen molar-refractivity contribution in [2.75, 3.05) is 27.9 Å². The minimum absolute atomic E-state index is 0.268. The van der Waals surface area contributed by atoms with E-state index in [1.807, 2.05) is 0 Å². The molecule has 0 amide bonds. The minimum Gasteiger partial charge on any atom is -0.493 e. The molecule has 136 valence electrons. The Morgan fingerprint density at radius 2 is 1.80 bits per heavy atom. The van der Waals surface area contributed by atoms with Gasteiger partial charge in [0, 0.05) is 5.56 Å².